The Bertz CT molecular complexity index is 880. The van der Waals surface area contributed by atoms with Crippen molar-refractivity contribution in [2.24, 2.45) is 0 Å². The van der Waals surface area contributed by atoms with Crippen molar-refractivity contribution in [2.45, 2.75) is 6.42 Å². The number of hydrogen-bond acceptors (Lipinski definition) is 3. The van der Waals surface area contributed by atoms with Crippen molar-refractivity contribution in [1.82, 2.24) is 0 Å². The van der Waals surface area contributed by atoms with Crippen molar-refractivity contribution in [2.75, 3.05) is 6.61 Å². The topological polar surface area (TPSA) is 35.5 Å². The van der Waals surface area contributed by atoms with Crippen LogP contribution in [0.3, 0.4) is 0 Å². The van der Waals surface area contributed by atoms with E-state index in [-0.39, 0.29) is 0 Å². The number of rotatable bonds is 6. The Hall–Kier alpha value is -2.30. The summed E-state index contributed by atoms with van der Waals surface area (Å²) in [5, 5.41) is 0.581. The first-order valence-electron chi connectivity index (χ1n) is 8.06. The van der Waals surface area contributed by atoms with Gasteiger partial charge in [0.2, 0.25) is 0 Å². The summed E-state index contributed by atoms with van der Waals surface area (Å²) in [5.74, 6) is 0.432. The molecule has 0 unspecified atom stereocenters. The molecule has 3 aromatic carbocycles. The van der Waals surface area contributed by atoms with E-state index >= 15 is 0 Å². The standard InChI is InChI=1S/C21H16BrClO3/c22-16-6-11-20(25-13-12-15-4-2-1-3-5-15)19(14-16)21(24)26-18-9-7-17(23)8-10-18/h1-11,14H,12-13H2. The van der Waals surface area contributed by atoms with Gasteiger partial charge in [0, 0.05) is 15.9 Å². The molecule has 0 amide bonds. The maximum absolute atomic E-state index is 12.5. The van der Waals surface area contributed by atoms with Crippen LogP contribution in [0, 0.1) is 0 Å². The summed E-state index contributed by atoms with van der Waals surface area (Å²) < 4.78 is 12.0. The third-order valence-corrected chi connectivity index (χ3v) is 4.42. The van der Waals surface area contributed by atoms with Crippen LogP contribution in [0.1, 0.15) is 15.9 Å². The van der Waals surface area contributed by atoms with Gasteiger partial charge in [-0.05, 0) is 48.0 Å². The van der Waals surface area contributed by atoms with Gasteiger partial charge in [0.05, 0.1) is 6.61 Å². The van der Waals surface area contributed by atoms with Gasteiger partial charge < -0.3 is 9.47 Å². The van der Waals surface area contributed by atoms with Gasteiger partial charge in [-0.3, -0.25) is 0 Å². The molecular weight excluding hydrogens is 416 g/mol. The summed E-state index contributed by atoms with van der Waals surface area (Å²) in [7, 11) is 0. The zero-order chi connectivity index (χ0) is 18.4. The number of ether oxygens (including phenoxy) is 2. The molecule has 0 radical (unpaired) electrons. The molecular formula is C21H16BrClO3. The minimum atomic E-state index is -0.483. The van der Waals surface area contributed by atoms with Crippen molar-refractivity contribution in [3.05, 3.63) is 93.4 Å². The Labute approximate surface area is 165 Å². The summed E-state index contributed by atoms with van der Waals surface area (Å²) in [6, 6.07) is 22.0. The molecule has 132 valence electrons. The van der Waals surface area contributed by atoms with Crippen molar-refractivity contribution < 1.29 is 14.3 Å². The number of halogens is 2. The van der Waals surface area contributed by atoms with Crippen molar-refractivity contribution in [3.63, 3.8) is 0 Å². The molecule has 26 heavy (non-hydrogen) atoms. The zero-order valence-corrected chi connectivity index (χ0v) is 16.2. The van der Waals surface area contributed by atoms with E-state index in [0.29, 0.717) is 28.7 Å². The second-order valence-electron chi connectivity index (χ2n) is 5.57. The van der Waals surface area contributed by atoms with Gasteiger partial charge >= 0.3 is 5.97 Å². The predicted octanol–water partition coefficient (Wildman–Crippen LogP) is 5.94. The highest BCUT2D eigenvalue weighted by molar-refractivity contribution is 9.10. The minimum absolute atomic E-state index is 0.363. The Morgan fingerprint density at radius 3 is 2.42 bits per heavy atom. The molecule has 0 fully saturated rings. The molecule has 0 N–H and O–H groups in total. The molecule has 0 aromatic heterocycles. The van der Waals surface area contributed by atoms with Crippen LogP contribution in [0.2, 0.25) is 5.02 Å². The van der Waals surface area contributed by atoms with Crippen LogP contribution >= 0.6 is 27.5 Å². The van der Waals surface area contributed by atoms with Crippen LogP contribution in [0.4, 0.5) is 0 Å². The molecule has 3 rings (SSSR count). The van der Waals surface area contributed by atoms with Crippen LogP contribution in [0.25, 0.3) is 0 Å². The lowest BCUT2D eigenvalue weighted by atomic mass is 10.1. The van der Waals surface area contributed by atoms with Crippen LogP contribution in [-0.4, -0.2) is 12.6 Å². The van der Waals surface area contributed by atoms with Crippen molar-refractivity contribution >= 4 is 33.5 Å². The zero-order valence-electron chi connectivity index (χ0n) is 13.8. The van der Waals surface area contributed by atoms with Gasteiger partial charge in [0.1, 0.15) is 17.1 Å². The largest absolute Gasteiger partial charge is 0.492 e. The number of benzene rings is 3. The van der Waals surface area contributed by atoms with E-state index in [2.05, 4.69) is 15.9 Å². The van der Waals surface area contributed by atoms with E-state index in [0.717, 1.165) is 10.9 Å². The summed E-state index contributed by atoms with van der Waals surface area (Å²) in [5.41, 5.74) is 1.54. The van der Waals surface area contributed by atoms with E-state index in [4.69, 9.17) is 21.1 Å². The molecule has 0 bridgehead atoms. The quantitative estimate of drug-likeness (QED) is 0.358. The first-order valence-corrected chi connectivity index (χ1v) is 9.23. The number of esters is 1. The average molecular weight is 432 g/mol. The summed E-state index contributed by atoms with van der Waals surface area (Å²) in [4.78, 5) is 12.5. The predicted molar refractivity (Wildman–Crippen MR) is 106 cm³/mol. The van der Waals surface area contributed by atoms with Crippen molar-refractivity contribution in [1.29, 1.82) is 0 Å². The normalized spacial score (nSPS) is 10.4. The Kier molecular flexibility index (Phi) is 6.31. The second kappa shape index (κ2) is 8.88. The Morgan fingerprint density at radius 1 is 0.962 bits per heavy atom. The van der Waals surface area contributed by atoms with Crippen LogP contribution in [0.15, 0.2) is 77.3 Å². The van der Waals surface area contributed by atoms with Gasteiger partial charge in [0.25, 0.3) is 0 Å². The van der Waals surface area contributed by atoms with Gasteiger partial charge in [-0.15, -0.1) is 0 Å². The Morgan fingerprint density at radius 2 is 1.69 bits per heavy atom. The summed E-state index contributed by atoms with van der Waals surface area (Å²) in [6.45, 7) is 0.465. The molecule has 3 aromatic rings. The first kappa shape index (κ1) is 18.5. The maximum Gasteiger partial charge on any atom is 0.347 e. The van der Waals surface area contributed by atoms with Gasteiger partial charge in [-0.2, -0.15) is 0 Å². The van der Waals surface area contributed by atoms with E-state index < -0.39 is 5.97 Å². The monoisotopic (exact) mass is 430 g/mol. The van der Waals surface area contributed by atoms with E-state index in [1.54, 1.807) is 36.4 Å². The molecule has 0 saturated carbocycles. The highest BCUT2D eigenvalue weighted by Gasteiger charge is 2.16. The number of hydrogen-bond donors (Lipinski definition) is 0. The second-order valence-corrected chi connectivity index (χ2v) is 6.92. The average Bonchev–Trinajstić information content (AvgIpc) is 2.65. The molecule has 0 aliphatic carbocycles. The summed E-state index contributed by atoms with van der Waals surface area (Å²) in [6.07, 6.45) is 0.753. The fourth-order valence-corrected chi connectivity index (χ4v) is 2.86. The summed E-state index contributed by atoms with van der Waals surface area (Å²) >= 11 is 9.24. The molecule has 0 spiro atoms. The van der Waals surface area contributed by atoms with Gasteiger partial charge in [-0.25, -0.2) is 4.79 Å². The Balaban J connectivity index is 1.70. The first-order chi connectivity index (χ1) is 12.6. The third-order valence-electron chi connectivity index (χ3n) is 3.68. The van der Waals surface area contributed by atoms with E-state index in [9.17, 15) is 4.79 Å². The molecule has 0 aliphatic heterocycles. The lowest BCUT2D eigenvalue weighted by Gasteiger charge is -2.12. The van der Waals surface area contributed by atoms with Gasteiger partial charge in [0.15, 0.2) is 0 Å². The molecule has 3 nitrogen and oxygen atoms in total. The lowest BCUT2D eigenvalue weighted by molar-refractivity contribution is 0.0730. The SMILES string of the molecule is O=C(Oc1ccc(Cl)cc1)c1cc(Br)ccc1OCCc1ccccc1. The highest BCUT2D eigenvalue weighted by atomic mass is 79.9. The minimum Gasteiger partial charge on any atom is -0.492 e. The smallest absolute Gasteiger partial charge is 0.347 e. The van der Waals surface area contributed by atoms with Crippen LogP contribution < -0.4 is 9.47 Å². The third kappa shape index (κ3) is 5.10. The molecule has 0 heterocycles. The highest BCUT2D eigenvalue weighted by Crippen LogP contribution is 2.26. The van der Waals surface area contributed by atoms with Crippen LogP contribution in [-0.2, 0) is 6.42 Å². The molecule has 5 heteroatoms. The van der Waals surface area contributed by atoms with Gasteiger partial charge in [-0.1, -0.05) is 57.9 Å². The number of carbonyl (C=O) groups is 1. The van der Waals surface area contributed by atoms with E-state index in [1.165, 1.54) is 5.56 Å². The van der Waals surface area contributed by atoms with Crippen LogP contribution in [0.5, 0.6) is 11.5 Å². The lowest BCUT2D eigenvalue weighted by Crippen LogP contribution is -2.12. The van der Waals surface area contributed by atoms with E-state index in [1.807, 2.05) is 36.4 Å². The molecule has 0 saturated heterocycles. The maximum atomic E-state index is 12.5. The molecule has 0 atom stereocenters. The fourth-order valence-electron chi connectivity index (χ4n) is 2.38. The van der Waals surface area contributed by atoms with Crippen molar-refractivity contribution in [3.8, 4) is 11.5 Å². The number of carbonyl (C=O) groups excluding carboxylic acids is 1. The fraction of sp³-hybridized carbons (Fsp3) is 0.0952. The molecule has 0 aliphatic rings.